The Kier molecular flexibility index (Phi) is 3.24. The van der Waals surface area contributed by atoms with E-state index in [-0.39, 0.29) is 0 Å². The highest BCUT2D eigenvalue weighted by Gasteiger charge is 2.11. The van der Waals surface area contributed by atoms with Crippen molar-refractivity contribution in [2.24, 2.45) is 11.7 Å². The van der Waals surface area contributed by atoms with Gasteiger partial charge in [-0.15, -0.1) is 0 Å². The van der Waals surface area contributed by atoms with E-state index in [4.69, 9.17) is 10.8 Å². The molecular formula is C6H13NO2. The molecule has 0 aromatic rings. The molecule has 0 saturated heterocycles. The van der Waals surface area contributed by atoms with E-state index in [0.29, 0.717) is 12.3 Å². The molecule has 0 fully saturated rings. The molecule has 0 aliphatic heterocycles. The van der Waals surface area contributed by atoms with Crippen LogP contribution >= 0.6 is 0 Å². The molecule has 0 unspecified atom stereocenters. The molecule has 0 aromatic carbocycles. The van der Waals surface area contributed by atoms with Gasteiger partial charge in [-0.2, -0.15) is 0 Å². The average Bonchev–Trinajstić information content (AvgIpc) is 1.63. The number of carbonyl (C=O) groups is 1. The molecule has 0 aromatic heterocycles. The summed E-state index contributed by atoms with van der Waals surface area (Å²) in [6.07, 6.45) is 0.551. The standard InChI is InChI=1S/C6H13NO2/c1-4(2)3-5(7)6(8)9/h4-5H,3,7H2,1-2H3,(H,8,9)/t5-/m0/s1/i1+1/t4-,5-. The number of hydrogen-bond donors (Lipinski definition) is 2. The Morgan fingerprint density at radius 2 is 2.11 bits per heavy atom. The predicted octanol–water partition coefficient (Wildman–Crippen LogP) is 0.444. The Labute approximate surface area is 54.9 Å². The van der Waals surface area contributed by atoms with Gasteiger partial charge in [0.2, 0.25) is 0 Å². The molecule has 0 aliphatic rings. The van der Waals surface area contributed by atoms with Gasteiger partial charge >= 0.3 is 5.97 Å². The van der Waals surface area contributed by atoms with Gasteiger partial charge in [-0.25, -0.2) is 0 Å². The lowest BCUT2D eigenvalue weighted by Gasteiger charge is -2.07. The third kappa shape index (κ3) is 3.97. The van der Waals surface area contributed by atoms with E-state index in [1.807, 2.05) is 13.8 Å². The molecule has 3 nitrogen and oxygen atoms in total. The van der Waals surface area contributed by atoms with Crippen LogP contribution in [-0.4, -0.2) is 17.1 Å². The Bertz CT molecular complexity index is 101. The lowest BCUT2D eigenvalue weighted by atomic mass is 10.1. The smallest absolute Gasteiger partial charge is 0.320 e. The summed E-state index contributed by atoms with van der Waals surface area (Å²) in [4.78, 5) is 10.1. The number of nitrogens with two attached hydrogens (primary N) is 1. The van der Waals surface area contributed by atoms with Crippen LogP contribution < -0.4 is 5.73 Å². The zero-order chi connectivity index (χ0) is 7.44. The van der Waals surface area contributed by atoms with Gasteiger partial charge in [-0.1, -0.05) is 13.8 Å². The topological polar surface area (TPSA) is 63.3 Å². The zero-order valence-corrected chi connectivity index (χ0v) is 5.79. The van der Waals surface area contributed by atoms with E-state index in [0.717, 1.165) is 0 Å². The van der Waals surface area contributed by atoms with Gasteiger partial charge in [0, 0.05) is 0 Å². The van der Waals surface area contributed by atoms with E-state index < -0.39 is 12.0 Å². The fourth-order valence-corrected chi connectivity index (χ4v) is 0.609. The van der Waals surface area contributed by atoms with Crippen molar-refractivity contribution in [2.75, 3.05) is 0 Å². The van der Waals surface area contributed by atoms with Gasteiger partial charge in [0.15, 0.2) is 0 Å². The molecule has 0 spiro atoms. The van der Waals surface area contributed by atoms with Crippen molar-refractivity contribution in [1.82, 2.24) is 0 Å². The summed E-state index contributed by atoms with van der Waals surface area (Å²) in [5.74, 6) is -0.556. The maximum atomic E-state index is 10.1. The maximum absolute atomic E-state index is 10.1. The molecule has 3 heteroatoms. The molecule has 0 bridgehead atoms. The van der Waals surface area contributed by atoms with E-state index in [1.54, 1.807) is 0 Å². The van der Waals surface area contributed by atoms with Gasteiger partial charge in [0.1, 0.15) is 6.04 Å². The third-order valence-electron chi connectivity index (χ3n) is 1.04. The highest BCUT2D eigenvalue weighted by atomic mass is 16.4. The summed E-state index contributed by atoms with van der Waals surface area (Å²) in [5.41, 5.74) is 5.22. The summed E-state index contributed by atoms with van der Waals surface area (Å²) < 4.78 is 0. The van der Waals surface area contributed by atoms with Crippen molar-refractivity contribution in [3.8, 4) is 0 Å². The minimum absolute atomic E-state index is 0.357. The third-order valence-corrected chi connectivity index (χ3v) is 1.04. The minimum atomic E-state index is -0.913. The summed E-state index contributed by atoms with van der Waals surface area (Å²) in [6, 6.07) is -0.690. The van der Waals surface area contributed by atoms with Crippen LogP contribution in [0.4, 0.5) is 0 Å². The predicted molar refractivity (Wildman–Crippen MR) is 35.1 cm³/mol. The van der Waals surface area contributed by atoms with Crippen LogP contribution in [0.15, 0.2) is 0 Å². The lowest BCUT2D eigenvalue weighted by molar-refractivity contribution is -0.138. The SMILES string of the molecule is C[C@H]([13CH3])C[C@H](N)C(=O)O. The van der Waals surface area contributed by atoms with Crippen molar-refractivity contribution >= 4 is 5.97 Å². The van der Waals surface area contributed by atoms with Gasteiger partial charge < -0.3 is 10.8 Å². The quantitative estimate of drug-likeness (QED) is 0.548. The second-order valence-corrected chi connectivity index (χ2v) is 2.57. The first-order chi connectivity index (χ1) is 4.04. The van der Waals surface area contributed by atoms with Crippen LogP contribution in [0.2, 0.25) is 0 Å². The first-order valence-corrected chi connectivity index (χ1v) is 3.02. The highest BCUT2D eigenvalue weighted by molar-refractivity contribution is 5.72. The van der Waals surface area contributed by atoms with Crippen LogP contribution in [-0.2, 0) is 4.79 Å². The zero-order valence-electron chi connectivity index (χ0n) is 5.79. The molecule has 0 heterocycles. The van der Waals surface area contributed by atoms with Crippen LogP contribution in [0.5, 0.6) is 0 Å². The largest absolute Gasteiger partial charge is 0.480 e. The van der Waals surface area contributed by atoms with Crippen LogP contribution in [0, 0.1) is 5.92 Å². The lowest BCUT2D eigenvalue weighted by Crippen LogP contribution is -2.31. The molecule has 0 aliphatic carbocycles. The van der Waals surface area contributed by atoms with Gasteiger partial charge in [0.05, 0.1) is 0 Å². The van der Waals surface area contributed by atoms with Crippen molar-refractivity contribution in [2.45, 2.75) is 26.3 Å². The summed E-state index contributed by atoms with van der Waals surface area (Å²) in [6.45, 7) is 3.89. The van der Waals surface area contributed by atoms with Crippen molar-refractivity contribution in [3.05, 3.63) is 0 Å². The molecule has 54 valence electrons. The van der Waals surface area contributed by atoms with Crippen LogP contribution in [0.1, 0.15) is 20.3 Å². The Morgan fingerprint density at radius 3 is 2.22 bits per heavy atom. The van der Waals surface area contributed by atoms with Gasteiger partial charge in [-0.3, -0.25) is 4.79 Å². The molecule has 3 N–H and O–H groups in total. The maximum Gasteiger partial charge on any atom is 0.320 e. The number of rotatable bonds is 3. The normalized spacial score (nSPS) is 16.8. The van der Waals surface area contributed by atoms with E-state index >= 15 is 0 Å². The van der Waals surface area contributed by atoms with Gasteiger partial charge in [0.25, 0.3) is 0 Å². The first kappa shape index (κ1) is 8.43. The Balaban J connectivity index is 3.50. The minimum Gasteiger partial charge on any atom is -0.480 e. The van der Waals surface area contributed by atoms with Crippen molar-refractivity contribution in [3.63, 3.8) is 0 Å². The van der Waals surface area contributed by atoms with E-state index in [1.165, 1.54) is 0 Å². The van der Waals surface area contributed by atoms with Crippen LogP contribution in [0.25, 0.3) is 0 Å². The number of carboxylic acids is 1. The van der Waals surface area contributed by atoms with Crippen molar-refractivity contribution < 1.29 is 9.90 Å². The first-order valence-electron chi connectivity index (χ1n) is 3.02. The number of aliphatic carboxylic acids is 1. The summed E-state index contributed by atoms with van der Waals surface area (Å²) >= 11 is 0. The fourth-order valence-electron chi connectivity index (χ4n) is 0.609. The highest BCUT2D eigenvalue weighted by Crippen LogP contribution is 2.01. The number of carboxylic acid groups (broad SMARTS) is 1. The average molecular weight is 132 g/mol. The second kappa shape index (κ2) is 3.45. The summed E-state index contributed by atoms with van der Waals surface area (Å²) in [5, 5.41) is 8.31. The molecule has 0 amide bonds. The Hall–Kier alpha value is -0.570. The Morgan fingerprint density at radius 1 is 1.67 bits per heavy atom. The van der Waals surface area contributed by atoms with Gasteiger partial charge in [-0.05, 0) is 12.3 Å². The second-order valence-electron chi connectivity index (χ2n) is 2.57. The monoisotopic (exact) mass is 132 g/mol. The number of hydrogen-bond acceptors (Lipinski definition) is 2. The molecule has 0 saturated carbocycles. The fraction of sp³-hybridized carbons (Fsp3) is 0.833. The molecule has 0 rings (SSSR count). The molecule has 0 radical (unpaired) electrons. The molecule has 2 atom stereocenters. The molecule has 9 heavy (non-hydrogen) atoms. The van der Waals surface area contributed by atoms with E-state index in [9.17, 15) is 4.79 Å². The van der Waals surface area contributed by atoms with Crippen molar-refractivity contribution in [1.29, 1.82) is 0 Å². The molecular weight excluding hydrogens is 119 g/mol. The van der Waals surface area contributed by atoms with Crippen LogP contribution in [0.3, 0.4) is 0 Å². The van der Waals surface area contributed by atoms with E-state index in [2.05, 4.69) is 0 Å². The summed E-state index contributed by atoms with van der Waals surface area (Å²) in [7, 11) is 0.